The lowest BCUT2D eigenvalue weighted by atomic mass is 10.0. The van der Waals surface area contributed by atoms with Crippen LogP contribution in [0.15, 0.2) is 41.6 Å². The molecule has 0 spiro atoms. The number of hydrogen-bond donors (Lipinski definition) is 1. The highest BCUT2D eigenvalue weighted by Crippen LogP contribution is 2.42. The Morgan fingerprint density at radius 3 is 2.64 bits per heavy atom. The Kier molecular flexibility index (Phi) is 6.66. The van der Waals surface area contributed by atoms with E-state index in [0.717, 1.165) is 12.3 Å². The summed E-state index contributed by atoms with van der Waals surface area (Å²) in [6.45, 7) is 5.22. The molecule has 0 aliphatic carbocycles. The normalized spacial score (nSPS) is 12.1. The molecule has 33 heavy (non-hydrogen) atoms. The average molecular weight is 488 g/mol. The highest BCUT2D eigenvalue weighted by molar-refractivity contribution is 6.33. The highest BCUT2D eigenvalue weighted by atomic mass is 35.5. The van der Waals surface area contributed by atoms with Gasteiger partial charge in [-0.3, -0.25) is 4.68 Å². The summed E-state index contributed by atoms with van der Waals surface area (Å²) in [7, 11) is 0. The minimum Gasteiger partial charge on any atom is -0.458 e. The summed E-state index contributed by atoms with van der Waals surface area (Å²) in [5.74, 6) is -2.66. The van der Waals surface area contributed by atoms with Gasteiger partial charge in [-0.2, -0.15) is 18.3 Å². The molecule has 2 aromatic heterocycles. The van der Waals surface area contributed by atoms with Crippen molar-refractivity contribution in [3.63, 3.8) is 0 Å². The van der Waals surface area contributed by atoms with Gasteiger partial charge in [-0.15, -0.1) is 0 Å². The average Bonchev–Trinajstić information content (AvgIpc) is 3.28. The van der Waals surface area contributed by atoms with Crippen molar-refractivity contribution in [2.24, 2.45) is 0 Å². The third kappa shape index (κ3) is 5.09. The summed E-state index contributed by atoms with van der Waals surface area (Å²) < 4.78 is 67.1. The van der Waals surface area contributed by atoms with Crippen molar-refractivity contribution in [2.75, 3.05) is 6.61 Å². The number of aromatic nitrogens is 3. The van der Waals surface area contributed by atoms with E-state index in [4.69, 9.17) is 20.9 Å². The minimum absolute atomic E-state index is 0.151. The number of rotatable bonds is 7. The van der Waals surface area contributed by atoms with Crippen LogP contribution in [-0.4, -0.2) is 38.2 Å². The molecule has 3 rings (SSSR count). The summed E-state index contributed by atoms with van der Waals surface area (Å²) in [4.78, 5) is 12.8. The van der Waals surface area contributed by atoms with Crippen molar-refractivity contribution in [3.05, 3.63) is 59.1 Å². The second-order valence-electron chi connectivity index (χ2n) is 7.59. The highest BCUT2D eigenvalue weighted by Gasteiger charge is 2.42. The topological polar surface area (TPSA) is 90.4 Å². The molecule has 7 nitrogen and oxygen atoms in total. The maximum absolute atomic E-state index is 14.5. The molecular weight excluding hydrogens is 470 g/mol. The van der Waals surface area contributed by atoms with Gasteiger partial charge in [0.1, 0.15) is 23.7 Å². The van der Waals surface area contributed by atoms with E-state index in [1.807, 2.05) is 0 Å². The molecule has 0 aliphatic rings. The Balaban J connectivity index is 2.30. The Hall–Kier alpha value is -3.18. The van der Waals surface area contributed by atoms with E-state index in [9.17, 15) is 27.5 Å². The van der Waals surface area contributed by atoms with E-state index < -0.39 is 58.4 Å². The number of nitrogens with zero attached hydrogens (tertiary/aromatic N) is 3. The predicted octanol–water partition coefficient (Wildman–Crippen LogP) is 5.13. The first-order valence-corrected chi connectivity index (χ1v) is 9.80. The third-order valence-electron chi connectivity index (χ3n) is 4.32. The van der Waals surface area contributed by atoms with Gasteiger partial charge < -0.3 is 14.4 Å². The number of hydrogen-bond acceptors (Lipinski definition) is 6. The zero-order valence-electron chi connectivity index (χ0n) is 17.4. The van der Waals surface area contributed by atoms with Crippen LogP contribution in [0.5, 0.6) is 0 Å². The molecule has 2 heterocycles. The molecule has 176 valence electrons. The van der Waals surface area contributed by atoms with Gasteiger partial charge in [0.05, 0.1) is 34.5 Å². The number of alkyl halides is 3. The summed E-state index contributed by atoms with van der Waals surface area (Å²) in [6.07, 6.45) is -2.91. The molecule has 12 heteroatoms. The SMILES string of the molecule is C=CCOC(=O)c1c(-c2c(F)cccc2Cl)noc1-c1cnn(CC(C)(C)O)c1C(F)(F)F. The molecule has 0 saturated heterocycles. The van der Waals surface area contributed by atoms with Crippen molar-refractivity contribution < 1.29 is 36.7 Å². The Morgan fingerprint density at radius 1 is 1.36 bits per heavy atom. The summed E-state index contributed by atoms with van der Waals surface area (Å²) in [5, 5.41) is 17.2. The maximum Gasteiger partial charge on any atom is 0.433 e. The molecule has 0 radical (unpaired) electrons. The number of carbonyl (C=O) groups excluding carboxylic acids is 1. The summed E-state index contributed by atoms with van der Waals surface area (Å²) >= 11 is 6.07. The quantitative estimate of drug-likeness (QED) is 0.282. The van der Waals surface area contributed by atoms with Gasteiger partial charge in [-0.25, -0.2) is 9.18 Å². The molecule has 0 aliphatic heterocycles. The van der Waals surface area contributed by atoms with Gasteiger partial charge in [0.2, 0.25) is 0 Å². The maximum atomic E-state index is 14.5. The molecule has 3 aromatic rings. The van der Waals surface area contributed by atoms with Crippen molar-refractivity contribution >= 4 is 17.6 Å². The van der Waals surface area contributed by atoms with Crippen LogP contribution in [0.25, 0.3) is 22.6 Å². The fourth-order valence-electron chi connectivity index (χ4n) is 3.10. The van der Waals surface area contributed by atoms with Gasteiger partial charge in [-0.1, -0.05) is 35.5 Å². The minimum atomic E-state index is -4.96. The van der Waals surface area contributed by atoms with E-state index in [2.05, 4.69) is 16.8 Å². The smallest absolute Gasteiger partial charge is 0.433 e. The number of esters is 1. The van der Waals surface area contributed by atoms with Gasteiger partial charge >= 0.3 is 12.1 Å². The molecule has 0 bridgehead atoms. The predicted molar refractivity (Wildman–Crippen MR) is 110 cm³/mol. The van der Waals surface area contributed by atoms with Gasteiger partial charge in [-0.05, 0) is 26.0 Å². The van der Waals surface area contributed by atoms with Crippen LogP contribution >= 0.6 is 11.6 Å². The lowest BCUT2D eigenvalue weighted by Gasteiger charge is -2.20. The van der Waals surface area contributed by atoms with Crippen LogP contribution in [0.1, 0.15) is 29.9 Å². The second kappa shape index (κ2) is 8.99. The first kappa shape index (κ1) is 24.5. The monoisotopic (exact) mass is 487 g/mol. The summed E-state index contributed by atoms with van der Waals surface area (Å²) in [6, 6.07) is 3.66. The van der Waals surface area contributed by atoms with E-state index >= 15 is 0 Å². The number of aliphatic hydroxyl groups is 1. The zero-order valence-corrected chi connectivity index (χ0v) is 18.2. The standard InChI is InChI=1S/C21H18ClF4N3O4/c1-4-8-32-19(30)15-16(14-12(22)6-5-7-13(14)23)28-33-17(15)11-9-27-29(10-20(2,3)31)18(11)21(24,25)26/h4-7,9,31H,1,8,10H2,2-3H3. The van der Waals surface area contributed by atoms with Gasteiger partial charge in [0.15, 0.2) is 11.5 Å². The van der Waals surface area contributed by atoms with E-state index in [0.29, 0.717) is 4.68 Å². The lowest BCUT2D eigenvalue weighted by Crippen LogP contribution is -2.29. The van der Waals surface area contributed by atoms with Crippen LogP contribution in [0.4, 0.5) is 17.6 Å². The number of carbonyl (C=O) groups is 1. The van der Waals surface area contributed by atoms with Gasteiger partial charge in [0.25, 0.3) is 0 Å². The van der Waals surface area contributed by atoms with Crippen molar-refractivity contribution in [2.45, 2.75) is 32.2 Å². The van der Waals surface area contributed by atoms with Crippen LogP contribution in [-0.2, 0) is 17.5 Å². The number of ether oxygens (including phenoxy) is 1. The molecule has 1 N–H and O–H groups in total. The molecule has 0 saturated carbocycles. The first-order valence-electron chi connectivity index (χ1n) is 9.43. The van der Waals surface area contributed by atoms with E-state index in [1.54, 1.807) is 0 Å². The van der Waals surface area contributed by atoms with Crippen molar-refractivity contribution in [1.82, 2.24) is 14.9 Å². The Morgan fingerprint density at radius 2 is 2.06 bits per heavy atom. The summed E-state index contributed by atoms with van der Waals surface area (Å²) in [5.41, 5.74) is -4.85. The Labute approximate surface area is 190 Å². The fourth-order valence-corrected chi connectivity index (χ4v) is 3.35. The first-order chi connectivity index (χ1) is 15.3. The largest absolute Gasteiger partial charge is 0.458 e. The van der Waals surface area contributed by atoms with E-state index in [-0.39, 0.29) is 17.2 Å². The van der Waals surface area contributed by atoms with Crippen molar-refractivity contribution in [1.29, 1.82) is 0 Å². The van der Waals surface area contributed by atoms with Crippen molar-refractivity contribution in [3.8, 4) is 22.6 Å². The van der Waals surface area contributed by atoms with Crippen LogP contribution in [0, 0.1) is 5.82 Å². The molecule has 1 aromatic carbocycles. The fraction of sp³-hybridized carbons (Fsp3) is 0.286. The third-order valence-corrected chi connectivity index (χ3v) is 4.63. The van der Waals surface area contributed by atoms with Crippen LogP contribution < -0.4 is 0 Å². The van der Waals surface area contributed by atoms with Crippen LogP contribution in [0.3, 0.4) is 0 Å². The number of halogens is 5. The zero-order chi connectivity index (χ0) is 24.6. The Bertz CT molecular complexity index is 1180. The number of benzene rings is 1. The second-order valence-corrected chi connectivity index (χ2v) is 8.00. The molecule has 0 fully saturated rings. The molecule has 0 atom stereocenters. The molecule has 0 amide bonds. The van der Waals surface area contributed by atoms with Gasteiger partial charge in [0, 0.05) is 0 Å². The van der Waals surface area contributed by atoms with E-state index in [1.165, 1.54) is 32.1 Å². The molecular formula is C21H18ClF4N3O4. The lowest BCUT2D eigenvalue weighted by molar-refractivity contribution is -0.144. The molecule has 0 unspecified atom stereocenters. The van der Waals surface area contributed by atoms with Crippen LogP contribution in [0.2, 0.25) is 5.02 Å².